The summed E-state index contributed by atoms with van der Waals surface area (Å²) >= 11 is 0. The summed E-state index contributed by atoms with van der Waals surface area (Å²) in [6.45, 7) is 6.59. The van der Waals surface area contributed by atoms with Gasteiger partial charge in [-0.2, -0.15) is 26.3 Å². The fourth-order valence-electron chi connectivity index (χ4n) is 0.905. The molecule has 23 heavy (non-hydrogen) atoms. The third kappa shape index (κ3) is 18.4. The summed E-state index contributed by atoms with van der Waals surface area (Å²) < 4.78 is 63.5. The molecule has 1 rings (SSSR count). The van der Waals surface area contributed by atoms with Gasteiger partial charge in [-0.3, -0.25) is 0 Å². The highest BCUT2D eigenvalue weighted by Crippen LogP contribution is 2.13. The highest BCUT2D eigenvalue weighted by molar-refractivity contribution is 5.73. The van der Waals surface area contributed by atoms with Gasteiger partial charge in [0.05, 0.1) is 0 Å². The van der Waals surface area contributed by atoms with Crippen LogP contribution in [0.2, 0.25) is 0 Å². The van der Waals surface area contributed by atoms with Crippen molar-refractivity contribution < 1.29 is 46.1 Å². The van der Waals surface area contributed by atoms with Crippen LogP contribution in [-0.2, 0) is 9.59 Å². The van der Waals surface area contributed by atoms with Crippen molar-refractivity contribution in [3.05, 3.63) is 0 Å². The molecule has 1 aliphatic rings. The normalized spacial score (nSPS) is 16.3. The number of nitrogens with one attached hydrogen (secondary N) is 3. The van der Waals surface area contributed by atoms with E-state index < -0.39 is 24.3 Å². The Bertz CT molecular complexity index is 296. The van der Waals surface area contributed by atoms with Crippen molar-refractivity contribution in [3.63, 3.8) is 0 Å². The summed E-state index contributed by atoms with van der Waals surface area (Å²) in [6.07, 6.45) is -10.2. The molecule has 0 atom stereocenters. The second kappa shape index (κ2) is 11.9. The van der Waals surface area contributed by atoms with Gasteiger partial charge in [0.1, 0.15) is 0 Å². The van der Waals surface area contributed by atoms with Gasteiger partial charge in [-0.05, 0) is 0 Å². The second-order valence-corrected chi connectivity index (χ2v) is 3.86. The van der Waals surface area contributed by atoms with E-state index in [1.165, 1.54) is 0 Å². The van der Waals surface area contributed by atoms with E-state index in [-0.39, 0.29) is 0 Å². The number of carboxylic acids is 2. The first-order valence-electron chi connectivity index (χ1n) is 6.11. The second-order valence-electron chi connectivity index (χ2n) is 3.86. The molecule has 1 heterocycles. The molecule has 0 unspecified atom stereocenters. The first kappa shape index (κ1) is 23.7. The van der Waals surface area contributed by atoms with Crippen molar-refractivity contribution in [3.8, 4) is 0 Å². The van der Waals surface area contributed by atoms with Crippen LogP contribution in [0.1, 0.15) is 0 Å². The Morgan fingerprint density at radius 2 is 0.739 bits per heavy atom. The van der Waals surface area contributed by atoms with E-state index in [1.807, 2.05) is 0 Å². The van der Waals surface area contributed by atoms with Crippen LogP contribution in [0.5, 0.6) is 0 Å². The summed E-state index contributed by atoms with van der Waals surface area (Å²) in [4.78, 5) is 17.8. The van der Waals surface area contributed by atoms with Gasteiger partial charge < -0.3 is 26.2 Å². The molecule has 1 fully saturated rings. The molecular weight excluding hydrogens is 340 g/mol. The lowest BCUT2D eigenvalue weighted by molar-refractivity contribution is -0.193. The molecule has 1 aliphatic heterocycles. The highest BCUT2D eigenvalue weighted by Gasteiger charge is 2.38. The Morgan fingerprint density at radius 1 is 0.609 bits per heavy atom. The average Bonchev–Trinajstić information content (AvgIpc) is 2.53. The molecule has 0 saturated carbocycles. The molecule has 0 radical (unpaired) electrons. The summed E-state index contributed by atoms with van der Waals surface area (Å²) in [5.41, 5.74) is 0. The number of halogens is 6. The van der Waals surface area contributed by atoms with Crippen LogP contribution in [-0.4, -0.2) is 73.8 Å². The van der Waals surface area contributed by atoms with Crippen LogP contribution in [0, 0.1) is 0 Å². The summed E-state index contributed by atoms with van der Waals surface area (Å²) in [7, 11) is 0. The number of hydrogen-bond acceptors (Lipinski definition) is 5. The Kier molecular flexibility index (Phi) is 12.2. The summed E-state index contributed by atoms with van der Waals surface area (Å²) in [6, 6.07) is 0. The zero-order chi connectivity index (χ0) is 18.5. The number of carboxylic acid groups (broad SMARTS) is 2. The molecule has 13 heteroatoms. The van der Waals surface area contributed by atoms with Crippen molar-refractivity contribution in [1.82, 2.24) is 16.0 Å². The summed E-state index contributed by atoms with van der Waals surface area (Å²) in [5.74, 6) is -5.51. The van der Waals surface area contributed by atoms with Crippen LogP contribution in [0.25, 0.3) is 0 Å². The maximum atomic E-state index is 10.6. The lowest BCUT2D eigenvalue weighted by Gasteiger charge is -1.99. The molecule has 0 aromatic carbocycles. The average molecular weight is 357 g/mol. The van der Waals surface area contributed by atoms with Crippen LogP contribution >= 0.6 is 0 Å². The minimum absolute atomic E-state index is 1.10. The third-order valence-electron chi connectivity index (χ3n) is 1.92. The predicted octanol–water partition coefficient (Wildman–Crippen LogP) is 0.0354. The monoisotopic (exact) mass is 357 g/mol. The quantitative estimate of drug-likeness (QED) is 0.389. The standard InChI is InChI=1S/C6H15N3.2C2HF3O2/c1-2-8-5-6-9-4-3-7-1;2*3-2(4,5)1(6)7/h7-9H,1-6H2;2*(H,6,7). The number of rotatable bonds is 0. The molecule has 0 aliphatic carbocycles. The molecule has 0 aromatic rings. The van der Waals surface area contributed by atoms with Crippen molar-refractivity contribution in [2.75, 3.05) is 39.3 Å². The van der Waals surface area contributed by atoms with Gasteiger partial charge >= 0.3 is 24.3 Å². The maximum absolute atomic E-state index is 10.6. The van der Waals surface area contributed by atoms with Crippen molar-refractivity contribution in [2.45, 2.75) is 12.4 Å². The smallest absolute Gasteiger partial charge is 0.475 e. The first-order chi connectivity index (χ1) is 10.4. The Labute approximate surface area is 127 Å². The SMILES string of the molecule is C1CNCCNCCN1.O=C(O)C(F)(F)F.O=C(O)C(F)(F)F. The van der Waals surface area contributed by atoms with E-state index in [0.29, 0.717) is 0 Å². The molecular formula is C10H17F6N3O4. The Hall–Kier alpha value is -1.60. The molecule has 138 valence electrons. The molecule has 1 saturated heterocycles. The molecule has 0 bridgehead atoms. The van der Waals surface area contributed by atoms with E-state index in [2.05, 4.69) is 16.0 Å². The van der Waals surface area contributed by atoms with Crippen LogP contribution < -0.4 is 16.0 Å². The maximum Gasteiger partial charge on any atom is 0.490 e. The minimum atomic E-state index is -5.08. The lowest BCUT2D eigenvalue weighted by atomic mass is 10.6. The van der Waals surface area contributed by atoms with E-state index in [0.717, 1.165) is 39.3 Å². The molecule has 0 amide bonds. The largest absolute Gasteiger partial charge is 0.490 e. The van der Waals surface area contributed by atoms with E-state index in [1.54, 1.807) is 0 Å². The topological polar surface area (TPSA) is 111 Å². The zero-order valence-corrected chi connectivity index (χ0v) is 11.7. The number of carbonyl (C=O) groups is 2. The Balaban J connectivity index is 0. The number of aliphatic carboxylic acids is 2. The summed E-state index contributed by atoms with van der Waals surface area (Å²) in [5, 5.41) is 24.2. The minimum Gasteiger partial charge on any atom is -0.475 e. The molecule has 5 N–H and O–H groups in total. The van der Waals surface area contributed by atoms with E-state index >= 15 is 0 Å². The van der Waals surface area contributed by atoms with Crippen LogP contribution in [0.15, 0.2) is 0 Å². The van der Waals surface area contributed by atoms with Gasteiger partial charge in [0.15, 0.2) is 0 Å². The third-order valence-corrected chi connectivity index (χ3v) is 1.92. The van der Waals surface area contributed by atoms with Gasteiger partial charge in [-0.1, -0.05) is 0 Å². The van der Waals surface area contributed by atoms with Gasteiger partial charge in [0, 0.05) is 39.3 Å². The lowest BCUT2D eigenvalue weighted by Crippen LogP contribution is -2.27. The van der Waals surface area contributed by atoms with Crippen molar-refractivity contribution in [2.24, 2.45) is 0 Å². The predicted molar refractivity (Wildman–Crippen MR) is 66.0 cm³/mol. The molecule has 0 spiro atoms. The van der Waals surface area contributed by atoms with E-state index in [9.17, 15) is 26.3 Å². The Morgan fingerprint density at radius 3 is 0.826 bits per heavy atom. The zero-order valence-electron chi connectivity index (χ0n) is 11.7. The van der Waals surface area contributed by atoms with Crippen LogP contribution in [0.3, 0.4) is 0 Å². The number of hydrogen-bond donors (Lipinski definition) is 5. The fraction of sp³-hybridized carbons (Fsp3) is 0.800. The highest BCUT2D eigenvalue weighted by atomic mass is 19.4. The van der Waals surface area contributed by atoms with Gasteiger partial charge in [-0.25, -0.2) is 9.59 Å². The van der Waals surface area contributed by atoms with Crippen molar-refractivity contribution in [1.29, 1.82) is 0 Å². The number of alkyl halides is 6. The molecule has 7 nitrogen and oxygen atoms in total. The molecule has 0 aromatic heterocycles. The van der Waals surface area contributed by atoms with Gasteiger partial charge in [0.2, 0.25) is 0 Å². The van der Waals surface area contributed by atoms with Crippen LogP contribution in [0.4, 0.5) is 26.3 Å². The van der Waals surface area contributed by atoms with Crippen molar-refractivity contribution >= 4 is 11.9 Å². The first-order valence-corrected chi connectivity index (χ1v) is 6.11. The van der Waals surface area contributed by atoms with Gasteiger partial charge in [0.25, 0.3) is 0 Å². The van der Waals surface area contributed by atoms with Gasteiger partial charge in [-0.15, -0.1) is 0 Å². The fourth-order valence-corrected chi connectivity index (χ4v) is 0.905. The van der Waals surface area contributed by atoms with E-state index in [4.69, 9.17) is 19.8 Å².